The van der Waals surface area contributed by atoms with E-state index in [-0.39, 0.29) is 17.9 Å². The molecular formula is C19H24BrN3O3. The lowest BCUT2D eigenvalue weighted by molar-refractivity contribution is -0.122. The highest BCUT2D eigenvalue weighted by Gasteiger charge is 2.25. The molecule has 1 aliphatic heterocycles. The van der Waals surface area contributed by atoms with Gasteiger partial charge in [0.25, 0.3) is 0 Å². The molecule has 140 valence electrons. The van der Waals surface area contributed by atoms with Crippen molar-refractivity contribution in [1.29, 1.82) is 0 Å². The molecule has 1 N–H and O–H groups in total. The minimum Gasteiger partial charge on any atom is -0.486 e. The van der Waals surface area contributed by atoms with E-state index in [9.17, 15) is 4.79 Å². The third-order valence-corrected chi connectivity index (χ3v) is 5.56. The Bertz CT molecular complexity index is 847. The van der Waals surface area contributed by atoms with E-state index in [0.29, 0.717) is 19.0 Å². The molecule has 1 aromatic carbocycles. The normalized spacial score (nSPS) is 15.5. The van der Waals surface area contributed by atoms with Crippen LogP contribution in [-0.4, -0.2) is 28.9 Å². The Kier molecular flexibility index (Phi) is 5.27. The van der Waals surface area contributed by atoms with Crippen molar-refractivity contribution < 1.29 is 14.3 Å². The Labute approximate surface area is 162 Å². The van der Waals surface area contributed by atoms with Crippen LogP contribution in [0.5, 0.6) is 11.5 Å². The molecule has 7 heteroatoms. The third-order valence-electron chi connectivity index (χ3n) is 4.88. The molecule has 0 bridgehead atoms. The number of halogens is 1. The number of hydrogen-bond acceptors (Lipinski definition) is 4. The van der Waals surface area contributed by atoms with Crippen LogP contribution in [0, 0.1) is 13.8 Å². The zero-order chi connectivity index (χ0) is 19.0. The van der Waals surface area contributed by atoms with Crippen molar-refractivity contribution in [3.05, 3.63) is 39.1 Å². The summed E-state index contributed by atoms with van der Waals surface area (Å²) in [5.74, 6) is 1.13. The molecule has 2 aromatic rings. The van der Waals surface area contributed by atoms with E-state index in [1.54, 1.807) is 0 Å². The van der Waals surface area contributed by atoms with Crippen molar-refractivity contribution >= 4 is 21.8 Å². The molecule has 1 aromatic heterocycles. The van der Waals surface area contributed by atoms with Crippen molar-refractivity contribution in [2.24, 2.45) is 7.05 Å². The van der Waals surface area contributed by atoms with Crippen LogP contribution in [0.3, 0.4) is 0 Å². The van der Waals surface area contributed by atoms with Gasteiger partial charge in [0.2, 0.25) is 5.91 Å². The Morgan fingerprint density at radius 1 is 1.23 bits per heavy atom. The zero-order valence-electron chi connectivity index (χ0n) is 15.7. The second-order valence-electron chi connectivity index (χ2n) is 6.68. The fourth-order valence-electron chi connectivity index (χ4n) is 3.38. The molecule has 1 aliphatic rings. The summed E-state index contributed by atoms with van der Waals surface area (Å²) >= 11 is 3.57. The van der Waals surface area contributed by atoms with E-state index in [4.69, 9.17) is 9.47 Å². The smallest absolute Gasteiger partial charge is 0.227 e. The van der Waals surface area contributed by atoms with Gasteiger partial charge >= 0.3 is 0 Å². The van der Waals surface area contributed by atoms with Gasteiger partial charge in [-0.25, -0.2) is 0 Å². The molecule has 26 heavy (non-hydrogen) atoms. The SMILES string of the molecule is Cc1nn(C)c(C)c1[C@H](C)C(=O)N[C@@H](C)c1cc2c(cc1Br)OCCO2. The number of carbonyl (C=O) groups excluding carboxylic acids is 1. The van der Waals surface area contributed by atoms with Gasteiger partial charge < -0.3 is 14.8 Å². The van der Waals surface area contributed by atoms with Crippen LogP contribution >= 0.6 is 15.9 Å². The van der Waals surface area contributed by atoms with Gasteiger partial charge in [0.05, 0.1) is 17.7 Å². The molecule has 0 fully saturated rings. The van der Waals surface area contributed by atoms with Gasteiger partial charge in [0.1, 0.15) is 13.2 Å². The number of nitrogens with one attached hydrogen (secondary N) is 1. The summed E-state index contributed by atoms with van der Waals surface area (Å²) in [6, 6.07) is 3.65. The Balaban J connectivity index is 1.79. The first-order valence-electron chi connectivity index (χ1n) is 8.69. The van der Waals surface area contributed by atoms with E-state index in [1.165, 1.54) is 0 Å². The highest BCUT2D eigenvalue weighted by Crippen LogP contribution is 2.38. The number of hydrogen-bond donors (Lipinski definition) is 1. The second kappa shape index (κ2) is 7.31. The summed E-state index contributed by atoms with van der Waals surface area (Å²) in [4.78, 5) is 12.8. The first-order chi connectivity index (χ1) is 12.3. The number of carbonyl (C=O) groups is 1. The van der Waals surface area contributed by atoms with E-state index in [1.807, 2.05) is 51.6 Å². The molecule has 3 rings (SSSR count). The average Bonchev–Trinajstić information content (AvgIpc) is 2.85. The van der Waals surface area contributed by atoms with Crippen LogP contribution < -0.4 is 14.8 Å². The van der Waals surface area contributed by atoms with Gasteiger partial charge in [-0.3, -0.25) is 9.48 Å². The third kappa shape index (κ3) is 3.45. The number of benzene rings is 1. The van der Waals surface area contributed by atoms with E-state index < -0.39 is 0 Å². The van der Waals surface area contributed by atoms with Crippen LogP contribution in [0.15, 0.2) is 16.6 Å². The minimum absolute atomic E-state index is 0.0292. The molecule has 0 saturated heterocycles. The van der Waals surface area contributed by atoms with Gasteiger partial charge in [-0.2, -0.15) is 5.10 Å². The quantitative estimate of drug-likeness (QED) is 0.819. The summed E-state index contributed by atoms with van der Waals surface area (Å²) in [6.07, 6.45) is 0. The fourth-order valence-corrected chi connectivity index (χ4v) is 4.04. The van der Waals surface area contributed by atoms with Gasteiger partial charge in [-0.15, -0.1) is 0 Å². The number of rotatable bonds is 4. The summed E-state index contributed by atoms with van der Waals surface area (Å²) in [7, 11) is 1.89. The molecule has 0 aliphatic carbocycles. The molecule has 0 unspecified atom stereocenters. The second-order valence-corrected chi connectivity index (χ2v) is 7.53. The van der Waals surface area contributed by atoms with Crippen molar-refractivity contribution in [1.82, 2.24) is 15.1 Å². The fraction of sp³-hybridized carbons (Fsp3) is 0.474. The lowest BCUT2D eigenvalue weighted by Crippen LogP contribution is -2.31. The Hall–Kier alpha value is -2.02. The lowest BCUT2D eigenvalue weighted by Gasteiger charge is -2.23. The van der Waals surface area contributed by atoms with Gasteiger partial charge in [-0.05, 0) is 45.4 Å². The van der Waals surface area contributed by atoms with Crippen molar-refractivity contribution in [2.45, 2.75) is 39.7 Å². The van der Waals surface area contributed by atoms with E-state index in [2.05, 4.69) is 26.3 Å². The predicted octanol–water partition coefficient (Wildman–Crippen LogP) is 3.55. The molecule has 0 spiro atoms. The highest BCUT2D eigenvalue weighted by molar-refractivity contribution is 9.10. The Morgan fingerprint density at radius 3 is 2.42 bits per heavy atom. The summed E-state index contributed by atoms with van der Waals surface area (Å²) < 4.78 is 13.9. The van der Waals surface area contributed by atoms with Crippen LogP contribution in [0.4, 0.5) is 0 Å². The van der Waals surface area contributed by atoms with E-state index >= 15 is 0 Å². The van der Waals surface area contributed by atoms with Crippen molar-refractivity contribution in [3.8, 4) is 11.5 Å². The number of fused-ring (bicyclic) bond motifs is 1. The van der Waals surface area contributed by atoms with Gasteiger partial charge in [0.15, 0.2) is 11.5 Å². The van der Waals surface area contributed by atoms with Crippen molar-refractivity contribution in [3.63, 3.8) is 0 Å². The molecule has 6 nitrogen and oxygen atoms in total. The van der Waals surface area contributed by atoms with Crippen LogP contribution in [0.2, 0.25) is 0 Å². The molecule has 1 amide bonds. The first kappa shape index (κ1) is 18.8. The zero-order valence-corrected chi connectivity index (χ0v) is 17.3. The van der Waals surface area contributed by atoms with E-state index in [0.717, 1.165) is 32.7 Å². The molecular weight excluding hydrogens is 398 g/mol. The predicted molar refractivity (Wildman–Crippen MR) is 103 cm³/mol. The maximum Gasteiger partial charge on any atom is 0.227 e. The number of aryl methyl sites for hydroxylation is 2. The summed E-state index contributed by atoms with van der Waals surface area (Å²) in [5, 5.41) is 7.52. The van der Waals surface area contributed by atoms with Crippen molar-refractivity contribution in [2.75, 3.05) is 13.2 Å². The number of amides is 1. The van der Waals surface area contributed by atoms with Gasteiger partial charge in [0, 0.05) is 22.8 Å². The maximum absolute atomic E-state index is 12.8. The maximum atomic E-state index is 12.8. The monoisotopic (exact) mass is 421 g/mol. The van der Waals surface area contributed by atoms with Gasteiger partial charge in [-0.1, -0.05) is 15.9 Å². The standard InChI is InChI=1S/C19H24BrN3O3/c1-10(18-12(3)22-23(5)13(18)4)19(24)21-11(2)14-8-16-17(9-15(14)20)26-7-6-25-16/h8-11H,6-7H2,1-5H3,(H,21,24)/t10-,11-/m0/s1. The largest absolute Gasteiger partial charge is 0.486 e. The highest BCUT2D eigenvalue weighted by atomic mass is 79.9. The molecule has 2 atom stereocenters. The molecule has 2 heterocycles. The lowest BCUT2D eigenvalue weighted by atomic mass is 9.97. The summed E-state index contributed by atoms with van der Waals surface area (Å²) in [6.45, 7) is 8.88. The minimum atomic E-state index is -0.276. The first-order valence-corrected chi connectivity index (χ1v) is 9.48. The Morgan fingerprint density at radius 2 is 1.85 bits per heavy atom. The van der Waals surface area contributed by atoms with Crippen LogP contribution in [0.25, 0.3) is 0 Å². The van der Waals surface area contributed by atoms with Crippen LogP contribution in [0.1, 0.15) is 48.3 Å². The molecule has 0 radical (unpaired) electrons. The van der Waals surface area contributed by atoms with Crippen LogP contribution in [-0.2, 0) is 11.8 Å². The number of aromatic nitrogens is 2. The number of ether oxygens (including phenoxy) is 2. The number of nitrogens with zero attached hydrogens (tertiary/aromatic N) is 2. The average molecular weight is 422 g/mol. The summed E-state index contributed by atoms with van der Waals surface area (Å²) in [5.41, 5.74) is 3.84. The topological polar surface area (TPSA) is 65.4 Å². The molecule has 0 saturated carbocycles.